The molecule has 0 saturated carbocycles. The van der Waals surface area contributed by atoms with Crippen LogP contribution in [0.15, 0.2) is 114 Å². The number of carbonyl (C=O) groups is 1. The average molecular weight is 530 g/mol. The minimum absolute atomic E-state index is 0.0312. The molecule has 202 valence electrons. The van der Waals surface area contributed by atoms with E-state index in [1.807, 2.05) is 116 Å². The van der Waals surface area contributed by atoms with Gasteiger partial charge in [-0.3, -0.25) is 4.79 Å². The zero-order valence-corrected chi connectivity index (χ0v) is 23.7. The lowest BCUT2D eigenvalue weighted by Gasteiger charge is -2.19. The van der Waals surface area contributed by atoms with Crippen molar-refractivity contribution in [3.05, 3.63) is 132 Å². The summed E-state index contributed by atoms with van der Waals surface area (Å²) in [4.78, 5) is 20.7. The lowest BCUT2D eigenvalue weighted by atomic mass is 9.87. The SMILES string of the molecule is CN(C)c1ccc(-c2oc(-c3ccc(C(C)(C)C)cc3)nc2C(=O)NC(c2ccccc2)c2ccccc2)cc1. The number of hydrogen-bond acceptors (Lipinski definition) is 4. The first kappa shape index (κ1) is 26.9. The molecule has 0 aliphatic carbocycles. The van der Waals surface area contributed by atoms with E-state index in [2.05, 4.69) is 38.2 Å². The third-order valence-corrected chi connectivity index (χ3v) is 7.03. The maximum Gasteiger partial charge on any atom is 0.274 e. The number of nitrogens with one attached hydrogen (secondary N) is 1. The number of amides is 1. The summed E-state index contributed by atoms with van der Waals surface area (Å²) < 4.78 is 6.34. The van der Waals surface area contributed by atoms with Crippen molar-refractivity contribution in [2.45, 2.75) is 32.2 Å². The van der Waals surface area contributed by atoms with Crippen LogP contribution in [0.25, 0.3) is 22.8 Å². The molecule has 0 atom stereocenters. The molecule has 5 heteroatoms. The lowest BCUT2D eigenvalue weighted by molar-refractivity contribution is 0.0939. The van der Waals surface area contributed by atoms with Crippen LogP contribution in [0.5, 0.6) is 0 Å². The van der Waals surface area contributed by atoms with Crippen LogP contribution in [0.4, 0.5) is 5.69 Å². The Balaban J connectivity index is 1.56. The summed E-state index contributed by atoms with van der Waals surface area (Å²) in [6, 6.07) is 35.7. The Morgan fingerprint density at radius 1 is 0.750 bits per heavy atom. The fraction of sp³-hybridized carbons (Fsp3) is 0.200. The van der Waals surface area contributed by atoms with Gasteiger partial charge in [-0.05, 0) is 58.5 Å². The average Bonchev–Trinajstić information content (AvgIpc) is 3.42. The topological polar surface area (TPSA) is 58.4 Å². The molecule has 0 saturated heterocycles. The predicted octanol–water partition coefficient (Wildman–Crippen LogP) is 7.89. The van der Waals surface area contributed by atoms with Crippen molar-refractivity contribution in [1.82, 2.24) is 10.3 Å². The number of aromatic nitrogens is 1. The Kier molecular flexibility index (Phi) is 7.56. The minimum Gasteiger partial charge on any atom is -0.435 e. The van der Waals surface area contributed by atoms with Gasteiger partial charge in [0.25, 0.3) is 5.91 Å². The van der Waals surface area contributed by atoms with Crippen LogP contribution in [-0.4, -0.2) is 25.0 Å². The summed E-state index contributed by atoms with van der Waals surface area (Å²) in [5.74, 6) is 0.552. The molecule has 40 heavy (non-hydrogen) atoms. The summed E-state index contributed by atoms with van der Waals surface area (Å²) in [6.45, 7) is 6.54. The largest absolute Gasteiger partial charge is 0.435 e. The molecule has 0 bridgehead atoms. The molecular weight excluding hydrogens is 494 g/mol. The number of rotatable bonds is 7. The number of nitrogens with zero attached hydrogens (tertiary/aromatic N) is 2. The monoisotopic (exact) mass is 529 g/mol. The minimum atomic E-state index is -0.343. The van der Waals surface area contributed by atoms with E-state index in [9.17, 15) is 4.79 Å². The Morgan fingerprint density at radius 3 is 1.77 bits per heavy atom. The third-order valence-electron chi connectivity index (χ3n) is 7.03. The van der Waals surface area contributed by atoms with Gasteiger partial charge in [-0.1, -0.05) is 93.6 Å². The number of hydrogen-bond donors (Lipinski definition) is 1. The van der Waals surface area contributed by atoms with Gasteiger partial charge in [0.2, 0.25) is 5.89 Å². The zero-order valence-electron chi connectivity index (χ0n) is 23.7. The van der Waals surface area contributed by atoms with E-state index in [1.165, 1.54) is 5.56 Å². The van der Waals surface area contributed by atoms with Crippen LogP contribution in [0.3, 0.4) is 0 Å². The Labute approximate surface area is 236 Å². The molecule has 5 aromatic rings. The van der Waals surface area contributed by atoms with Crippen LogP contribution < -0.4 is 10.2 Å². The molecule has 0 unspecified atom stereocenters. The molecule has 1 heterocycles. The summed E-state index contributed by atoms with van der Waals surface area (Å²) in [5, 5.41) is 3.23. The second-order valence-electron chi connectivity index (χ2n) is 11.2. The van der Waals surface area contributed by atoms with Crippen molar-refractivity contribution in [3.8, 4) is 22.8 Å². The van der Waals surface area contributed by atoms with Crippen LogP contribution in [0, 0.1) is 0 Å². The molecule has 1 aromatic heterocycles. The van der Waals surface area contributed by atoms with Gasteiger partial charge in [-0.15, -0.1) is 0 Å². The van der Waals surface area contributed by atoms with Crippen LogP contribution in [0.2, 0.25) is 0 Å². The number of anilines is 1. The zero-order chi connectivity index (χ0) is 28.3. The van der Waals surface area contributed by atoms with E-state index in [1.54, 1.807) is 0 Å². The van der Waals surface area contributed by atoms with Gasteiger partial charge in [0, 0.05) is 30.9 Å². The lowest BCUT2D eigenvalue weighted by Crippen LogP contribution is -2.30. The smallest absolute Gasteiger partial charge is 0.274 e. The van der Waals surface area contributed by atoms with Gasteiger partial charge in [0.15, 0.2) is 11.5 Å². The Hall–Kier alpha value is -4.64. The number of oxazole rings is 1. The van der Waals surface area contributed by atoms with E-state index in [0.29, 0.717) is 11.7 Å². The Bertz CT molecular complexity index is 1530. The number of benzene rings is 4. The van der Waals surface area contributed by atoms with Gasteiger partial charge in [-0.2, -0.15) is 0 Å². The van der Waals surface area contributed by atoms with E-state index >= 15 is 0 Å². The fourth-order valence-electron chi connectivity index (χ4n) is 4.67. The van der Waals surface area contributed by atoms with Gasteiger partial charge in [0.1, 0.15) is 0 Å². The second-order valence-corrected chi connectivity index (χ2v) is 11.2. The summed E-state index contributed by atoms with van der Waals surface area (Å²) in [5.41, 5.74) is 6.14. The highest BCUT2D eigenvalue weighted by molar-refractivity contribution is 5.98. The first-order valence-corrected chi connectivity index (χ1v) is 13.5. The highest BCUT2D eigenvalue weighted by atomic mass is 16.4. The quantitative estimate of drug-likeness (QED) is 0.233. The van der Waals surface area contributed by atoms with Crippen molar-refractivity contribution in [1.29, 1.82) is 0 Å². The molecule has 5 rings (SSSR count). The van der Waals surface area contributed by atoms with Crippen LogP contribution >= 0.6 is 0 Å². The molecule has 0 spiro atoms. The molecule has 1 N–H and O–H groups in total. The van der Waals surface area contributed by atoms with Crippen molar-refractivity contribution in [2.24, 2.45) is 0 Å². The molecule has 4 aromatic carbocycles. The third kappa shape index (κ3) is 5.84. The fourth-order valence-corrected chi connectivity index (χ4v) is 4.67. The highest BCUT2D eigenvalue weighted by Crippen LogP contribution is 2.33. The molecule has 0 radical (unpaired) electrons. The summed E-state index contributed by atoms with van der Waals surface area (Å²) in [7, 11) is 3.99. The van der Waals surface area contributed by atoms with Crippen molar-refractivity contribution >= 4 is 11.6 Å². The second kappa shape index (κ2) is 11.2. The Morgan fingerprint density at radius 2 is 1.27 bits per heavy atom. The highest BCUT2D eigenvalue weighted by Gasteiger charge is 2.26. The molecule has 0 aliphatic rings. The normalized spacial score (nSPS) is 11.4. The van der Waals surface area contributed by atoms with Gasteiger partial charge >= 0.3 is 0 Å². The maximum atomic E-state index is 14.0. The maximum absolute atomic E-state index is 14.0. The predicted molar refractivity (Wildman–Crippen MR) is 163 cm³/mol. The van der Waals surface area contributed by atoms with E-state index in [0.717, 1.165) is 27.9 Å². The van der Waals surface area contributed by atoms with Gasteiger partial charge < -0.3 is 14.6 Å². The number of carbonyl (C=O) groups excluding carboxylic acids is 1. The molecule has 0 aliphatic heterocycles. The van der Waals surface area contributed by atoms with Crippen molar-refractivity contribution in [2.75, 3.05) is 19.0 Å². The first-order valence-electron chi connectivity index (χ1n) is 13.5. The van der Waals surface area contributed by atoms with Gasteiger partial charge in [-0.25, -0.2) is 4.98 Å². The molecule has 1 amide bonds. The van der Waals surface area contributed by atoms with Crippen LogP contribution in [-0.2, 0) is 5.41 Å². The first-order chi connectivity index (χ1) is 19.2. The summed E-state index contributed by atoms with van der Waals surface area (Å²) >= 11 is 0. The molecular formula is C35H35N3O2. The van der Waals surface area contributed by atoms with Gasteiger partial charge in [0.05, 0.1) is 6.04 Å². The van der Waals surface area contributed by atoms with E-state index < -0.39 is 0 Å². The van der Waals surface area contributed by atoms with Crippen molar-refractivity contribution in [3.63, 3.8) is 0 Å². The van der Waals surface area contributed by atoms with Crippen LogP contribution in [0.1, 0.15) is 54.0 Å². The molecule has 5 nitrogen and oxygen atoms in total. The standard InChI is InChI=1S/C35H35N3O2/c1-35(2,3)28-20-16-27(17-21-28)34-37-31(32(40-34)26-18-22-29(23-19-26)38(4)5)33(39)36-30(24-12-8-6-9-13-24)25-14-10-7-11-15-25/h6-23,30H,1-5H3,(H,36,39). The van der Waals surface area contributed by atoms with E-state index in [-0.39, 0.29) is 23.1 Å². The molecule has 0 fully saturated rings. The van der Waals surface area contributed by atoms with Crippen molar-refractivity contribution < 1.29 is 9.21 Å². The van der Waals surface area contributed by atoms with E-state index in [4.69, 9.17) is 9.40 Å². The summed E-state index contributed by atoms with van der Waals surface area (Å²) in [6.07, 6.45) is 0.